The van der Waals surface area contributed by atoms with Crippen molar-refractivity contribution in [3.63, 3.8) is 0 Å². The Morgan fingerprint density at radius 3 is 2.47 bits per heavy atom. The van der Waals surface area contributed by atoms with E-state index in [0.29, 0.717) is 12.3 Å². The Morgan fingerprint density at radius 1 is 1.16 bits per heavy atom. The first-order valence-corrected chi connectivity index (χ1v) is 5.94. The van der Waals surface area contributed by atoms with Crippen molar-refractivity contribution in [1.29, 1.82) is 0 Å². The van der Waals surface area contributed by atoms with Gasteiger partial charge in [-0.05, 0) is 37.3 Å². The van der Waals surface area contributed by atoms with Crippen molar-refractivity contribution >= 4 is 17.1 Å². The first-order valence-electron chi connectivity index (χ1n) is 5.94. The van der Waals surface area contributed by atoms with Crippen molar-refractivity contribution in [1.82, 2.24) is 0 Å². The fourth-order valence-electron chi connectivity index (χ4n) is 1.70. The summed E-state index contributed by atoms with van der Waals surface area (Å²) in [5, 5.41) is 13.9. The summed E-state index contributed by atoms with van der Waals surface area (Å²) in [7, 11) is 0. The fraction of sp³-hybridized carbons (Fsp3) is 0.143. The molecule has 1 N–H and O–H groups in total. The summed E-state index contributed by atoms with van der Waals surface area (Å²) in [5.74, 6) is 0.774. The maximum Gasteiger partial charge on any atom is 0.292 e. The maximum absolute atomic E-state index is 10.9. The van der Waals surface area contributed by atoms with Gasteiger partial charge < -0.3 is 10.1 Å². The van der Waals surface area contributed by atoms with Crippen molar-refractivity contribution in [3.05, 3.63) is 58.6 Å². The molecule has 0 heterocycles. The molecular weight excluding hydrogens is 244 g/mol. The second-order valence-corrected chi connectivity index (χ2v) is 3.86. The number of hydrogen-bond acceptors (Lipinski definition) is 4. The van der Waals surface area contributed by atoms with Crippen LogP contribution < -0.4 is 10.1 Å². The number of nitrogens with one attached hydrogen (secondary N) is 1. The van der Waals surface area contributed by atoms with Gasteiger partial charge in [-0.1, -0.05) is 12.1 Å². The molecule has 0 atom stereocenters. The highest BCUT2D eigenvalue weighted by molar-refractivity contribution is 5.69. The van der Waals surface area contributed by atoms with Crippen LogP contribution in [0.15, 0.2) is 48.5 Å². The molecule has 0 aliphatic carbocycles. The normalized spacial score (nSPS) is 9.95. The summed E-state index contributed by atoms with van der Waals surface area (Å²) in [4.78, 5) is 10.5. The molecular formula is C14H14N2O3. The molecule has 2 aromatic rings. The number of nitro benzene ring substituents is 1. The van der Waals surface area contributed by atoms with Gasteiger partial charge in [0.05, 0.1) is 11.5 Å². The summed E-state index contributed by atoms with van der Waals surface area (Å²) in [6, 6.07) is 13.8. The summed E-state index contributed by atoms with van der Waals surface area (Å²) < 4.78 is 5.34. The van der Waals surface area contributed by atoms with Crippen molar-refractivity contribution in [2.75, 3.05) is 11.9 Å². The van der Waals surface area contributed by atoms with Gasteiger partial charge in [0.15, 0.2) is 0 Å². The molecule has 0 saturated heterocycles. The van der Waals surface area contributed by atoms with Crippen molar-refractivity contribution in [3.8, 4) is 5.75 Å². The lowest BCUT2D eigenvalue weighted by Gasteiger charge is -2.08. The van der Waals surface area contributed by atoms with Crippen LogP contribution in [-0.4, -0.2) is 11.5 Å². The van der Waals surface area contributed by atoms with Crippen LogP contribution in [0.3, 0.4) is 0 Å². The molecule has 2 rings (SSSR count). The van der Waals surface area contributed by atoms with E-state index in [9.17, 15) is 10.1 Å². The van der Waals surface area contributed by atoms with Crippen LogP contribution in [0.2, 0.25) is 0 Å². The molecule has 0 aliphatic heterocycles. The highest BCUT2D eigenvalue weighted by atomic mass is 16.6. The van der Waals surface area contributed by atoms with Crippen molar-refractivity contribution in [2.24, 2.45) is 0 Å². The Morgan fingerprint density at radius 2 is 1.84 bits per heavy atom. The third-order valence-electron chi connectivity index (χ3n) is 2.55. The minimum absolute atomic E-state index is 0.0522. The van der Waals surface area contributed by atoms with E-state index in [1.807, 2.05) is 31.2 Å². The first-order chi connectivity index (χ1) is 9.20. The van der Waals surface area contributed by atoms with E-state index >= 15 is 0 Å². The molecule has 0 aromatic heterocycles. The van der Waals surface area contributed by atoms with Gasteiger partial charge in [0.1, 0.15) is 11.4 Å². The number of ether oxygens (including phenoxy) is 1. The summed E-state index contributed by atoms with van der Waals surface area (Å²) in [5.41, 5.74) is 1.30. The highest BCUT2D eigenvalue weighted by Crippen LogP contribution is 2.27. The molecule has 0 unspecified atom stereocenters. The average Bonchev–Trinajstić information content (AvgIpc) is 2.42. The van der Waals surface area contributed by atoms with E-state index in [-0.39, 0.29) is 5.69 Å². The van der Waals surface area contributed by atoms with E-state index < -0.39 is 4.92 Å². The Balaban J connectivity index is 2.19. The number of nitro groups is 1. The standard InChI is InChI=1S/C14H14N2O3/c1-2-19-12-9-7-11(8-10-12)15-13-5-3-4-6-14(13)16(17)18/h3-10,15H,2H2,1H3. The topological polar surface area (TPSA) is 64.4 Å². The number of rotatable bonds is 5. The van der Waals surface area contributed by atoms with E-state index in [2.05, 4.69) is 5.32 Å². The molecule has 0 spiro atoms. The molecule has 0 fully saturated rings. The van der Waals surface area contributed by atoms with Gasteiger partial charge in [0.2, 0.25) is 0 Å². The maximum atomic E-state index is 10.9. The van der Waals surface area contributed by atoms with Crippen LogP contribution in [0.1, 0.15) is 6.92 Å². The lowest BCUT2D eigenvalue weighted by molar-refractivity contribution is -0.383. The van der Waals surface area contributed by atoms with Gasteiger partial charge in [-0.15, -0.1) is 0 Å². The van der Waals surface area contributed by atoms with Crippen molar-refractivity contribution < 1.29 is 9.66 Å². The average molecular weight is 258 g/mol. The summed E-state index contributed by atoms with van der Waals surface area (Å²) in [6.07, 6.45) is 0. The Labute approximate surface area is 111 Å². The molecule has 0 saturated carbocycles. The van der Waals surface area contributed by atoms with Gasteiger partial charge in [-0.3, -0.25) is 10.1 Å². The lowest BCUT2D eigenvalue weighted by Crippen LogP contribution is -1.97. The summed E-state index contributed by atoms with van der Waals surface area (Å²) >= 11 is 0. The third-order valence-corrected chi connectivity index (χ3v) is 2.55. The Kier molecular flexibility index (Phi) is 3.97. The molecule has 5 nitrogen and oxygen atoms in total. The second kappa shape index (κ2) is 5.86. The van der Waals surface area contributed by atoms with E-state index in [4.69, 9.17) is 4.74 Å². The zero-order valence-electron chi connectivity index (χ0n) is 10.5. The quantitative estimate of drug-likeness (QED) is 0.655. The van der Waals surface area contributed by atoms with Gasteiger partial charge >= 0.3 is 0 Å². The number of benzene rings is 2. The molecule has 0 aliphatic rings. The fourth-order valence-corrected chi connectivity index (χ4v) is 1.70. The number of para-hydroxylation sites is 2. The first kappa shape index (κ1) is 12.9. The molecule has 98 valence electrons. The van der Waals surface area contributed by atoms with Gasteiger partial charge in [-0.25, -0.2) is 0 Å². The SMILES string of the molecule is CCOc1ccc(Nc2ccccc2[N+](=O)[O-])cc1. The van der Waals surface area contributed by atoms with Crippen LogP contribution >= 0.6 is 0 Å². The molecule has 5 heteroatoms. The van der Waals surface area contributed by atoms with E-state index in [0.717, 1.165) is 11.4 Å². The minimum Gasteiger partial charge on any atom is -0.494 e. The largest absolute Gasteiger partial charge is 0.494 e. The third kappa shape index (κ3) is 3.22. The number of anilines is 2. The monoisotopic (exact) mass is 258 g/mol. The van der Waals surface area contributed by atoms with Gasteiger partial charge in [0.25, 0.3) is 5.69 Å². The van der Waals surface area contributed by atoms with Crippen LogP contribution in [0.4, 0.5) is 17.1 Å². The molecule has 0 amide bonds. The molecule has 0 radical (unpaired) electrons. The highest BCUT2D eigenvalue weighted by Gasteiger charge is 2.11. The zero-order chi connectivity index (χ0) is 13.7. The smallest absolute Gasteiger partial charge is 0.292 e. The van der Waals surface area contributed by atoms with Gasteiger partial charge in [0, 0.05) is 11.8 Å². The molecule has 0 bridgehead atoms. The van der Waals surface area contributed by atoms with Crippen LogP contribution in [0.25, 0.3) is 0 Å². The predicted octanol–water partition coefficient (Wildman–Crippen LogP) is 3.74. The number of nitrogens with zero attached hydrogens (tertiary/aromatic N) is 1. The summed E-state index contributed by atoms with van der Waals surface area (Å²) in [6.45, 7) is 2.52. The lowest BCUT2D eigenvalue weighted by atomic mass is 10.2. The van der Waals surface area contributed by atoms with E-state index in [1.165, 1.54) is 6.07 Å². The zero-order valence-corrected chi connectivity index (χ0v) is 10.5. The van der Waals surface area contributed by atoms with Crippen LogP contribution in [0, 0.1) is 10.1 Å². The molecule has 19 heavy (non-hydrogen) atoms. The molecule has 2 aromatic carbocycles. The minimum atomic E-state index is -0.406. The Bertz CT molecular complexity index is 567. The van der Waals surface area contributed by atoms with Gasteiger partial charge in [-0.2, -0.15) is 0 Å². The second-order valence-electron chi connectivity index (χ2n) is 3.86. The van der Waals surface area contributed by atoms with Crippen molar-refractivity contribution in [2.45, 2.75) is 6.92 Å². The van der Waals surface area contributed by atoms with Crippen LogP contribution in [0.5, 0.6) is 5.75 Å². The van der Waals surface area contributed by atoms with Crippen LogP contribution in [-0.2, 0) is 0 Å². The Hall–Kier alpha value is -2.56. The van der Waals surface area contributed by atoms with E-state index in [1.54, 1.807) is 18.2 Å². The number of hydrogen-bond donors (Lipinski definition) is 1. The predicted molar refractivity (Wildman–Crippen MR) is 74.0 cm³/mol.